The molecule has 0 aliphatic rings. The van der Waals surface area contributed by atoms with Crippen molar-refractivity contribution in [1.82, 2.24) is 0 Å². The molecule has 2 aromatic rings. The number of aliphatic hydroxyl groups excluding tert-OH is 1. The van der Waals surface area contributed by atoms with Crippen LogP contribution in [0.1, 0.15) is 24.2 Å². The number of aliphatic hydroxyl groups is 1. The Morgan fingerprint density at radius 2 is 2.05 bits per heavy atom. The molecular formula is C14H15Br2NOS. The van der Waals surface area contributed by atoms with Gasteiger partial charge in [0.05, 0.1) is 9.89 Å². The number of rotatable bonds is 4. The average molecular weight is 405 g/mol. The van der Waals surface area contributed by atoms with Gasteiger partial charge in [0.2, 0.25) is 0 Å². The summed E-state index contributed by atoms with van der Waals surface area (Å²) >= 11 is 8.69. The lowest BCUT2D eigenvalue weighted by molar-refractivity contribution is 0.198. The summed E-state index contributed by atoms with van der Waals surface area (Å²) in [7, 11) is 2.06. The molecule has 0 unspecified atom stereocenters. The summed E-state index contributed by atoms with van der Waals surface area (Å²) in [4.78, 5) is 2.19. The minimum absolute atomic E-state index is 0.457. The molecule has 1 heterocycles. The highest BCUT2D eigenvalue weighted by Gasteiger charge is 2.09. The zero-order valence-corrected chi connectivity index (χ0v) is 14.7. The molecule has 5 heteroatoms. The lowest BCUT2D eigenvalue weighted by atomic mass is 10.1. The van der Waals surface area contributed by atoms with Gasteiger partial charge in [-0.05, 0) is 57.6 Å². The monoisotopic (exact) mass is 403 g/mol. The van der Waals surface area contributed by atoms with Gasteiger partial charge in [0.15, 0.2) is 0 Å². The van der Waals surface area contributed by atoms with Gasteiger partial charge in [0.25, 0.3) is 0 Å². The Morgan fingerprint density at radius 3 is 2.58 bits per heavy atom. The van der Waals surface area contributed by atoms with E-state index in [1.54, 1.807) is 18.3 Å². The Bertz CT molecular complexity index is 568. The van der Waals surface area contributed by atoms with Crippen molar-refractivity contribution in [3.63, 3.8) is 0 Å². The fourth-order valence-electron chi connectivity index (χ4n) is 1.89. The molecule has 102 valence electrons. The summed E-state index contributed by atoms with van der Waals surface area (Å²) in [5, 5.41) is 11.8. The van der Waals surface area contributed by atoms with Gasteiger partial charge < -0.3 is 10.0 Å². The smallest absolute Gasteiger partial charge is 0.0772 e. The van der Waals surface area contributed by atoms with Crippen LogP contribution in [0, 0.1) is 0 Å². The van der Waals surface area contributed by atoms with Gasteiger partial charge in [0.1, 0.15) is 0 Å². The maximum absolute atomic E-state index is 9.62. The van der Waals surface area contributed by atoms with Crippen LogP contribution >= 0.6 is 43.2 Å². The molecule has 19 heavy (non-hydrogen) atoms. The van der Waals surface area contributed by atoms with Gasteiger partial charge in [-0.15, -0.1) is 11.3 Å². The van der Waals surface area contributed by atoms with Crippen LogP contribution in [0.2, 0.25) is 0 Å². The first-order valence-corrected chi connectivity index (χ1v) is 8.35. The summed E-state index contributed by atoms with van der Waals surface area (Å²) in [5.74, 6) is 0. The molecule has 0 saturated carbocycles. The van der Waals surface area contributed by atoms with E-state index in [4.69, 9.17) is 0 Å². The maximum Gasteiger partial charge on any atom is 0.0772 e. The first kappa shape index (κ1) is 15.0. The Balaban J connectivity index is 2.15. The molecule has 2 rings (SSSR count). The Labute approximate surface area is 134 Å². The number of hydrogen-bond donors (Lipinski definition) is 1. The summed E-state index contributed by atoms with van der Waals surface area (Å²) in [6.07, 6.45) is -0.457. The highest BCUT2D eigenvalue weighted by Crippen LogP contribution is 2.29. The first-order chi connectivity index (χ1) is 8.97. The van der Waals surface area contributed by atoms with Crippen molar-refractivity contribution < 1.29 is 5.11 Å². The van der Waals surface area contributed by atoms with E-state index < -0.39 is 6.10 Å². The molecule has 1 aromatic heterocycles. The van der Waals surface area contributed by atoms with E-state index in [0.717, 1.165) is 26.1 Å². The molecule has 0 aliphatic carbocycles. The van der Waals surface area contributed by atoms with Crippen LogP contribution in [0.3, 0.4) is 0 Å². The molecule has 1 aromatic carbocycles. The number of anilines is 1. The number of halogens is 2. The normalized spacial score (nSPS) is 12.5. The van der Waals surface area contributed by atoms with Gasteiger partial charge in [-0.3, -0.25) is 0 Å². The lowest BCUT2D eigenvalue weighted by Gasteiger charge is -2.20. The number of benzene rings is 1. The van der Waals surface area contributed by atoms with Crippen molar-refractivity contribution in [3.8, 4) is 0 Å². The van der Waals surface area contributed by atoms with Crippen molar-refractivity contribution in [1.29, 1.82) is 0 Å². The second-order valence-corrected chi connectivity index (χ2v) is 7.64. The fraction of sp³-hybridized carbons (Fsp3) is 0.286. The third-order valence-electron chi connectivity index (χ3n) is 2.92. The molecule has 0 amide bonds. The highest BCUT2D eigenvalue weighted by molar-refractivity contribution is 9.11. The van der Waals surface area contributed by atoms with Gasteiger partial charge >= 0.3 is 0 Å². The van der Waals surface area contributed by atoms with Crippen LogP contribution in [0.5, 0.6) is 0 Å². The summed E-state index contributed by atoms with van der Waals surface area (Å²) in [5.41, 5.74) is 3.32. The van der Waals surface area contributed by atoms with Crippen molar-refractivity contribution >= 4 is 48.9 Å². The standard InChI is InChI=1S/C14H15Br2NOS/c1-9(18)12-4-3-11(6-13(12)15)17(2)7-10-5-14(16)19-8-10/h3-6,8-9,18H,7H2,1-2H3/t9-/m0/s1. The molecular weight excluding hydrogens is 390 g/mol. The quantitative estimate of drug-likeness (QED) is 0.777. The fourth-order valence-corrected chi connectivity index (χ4v) is 3.78. The van der Waals surface area contributed by atoms with Crippen LogP contribution in [0.15, 0.2) is 37.9 Å². The molecule has 0 radical (unpaired) electrons. The van der Waals surface area contributed by atoms with Crippen LogP contribution < -0.4 is 4.90 Å². The van der Waals surface area contributed by atoms with E-state index >= 15 is 0 Å². The van der Waals surface area contributed by atoms with E-state index in [0.29, 0.717) is 0 Å². The predicted molar refractivity (Wildman–Crippen MR) is 88.9 cm³/mol. The van der Waals surface area contributed by atoms with E-state index in [-0.39, 0.29) is 0 Å². The summed E-state index contributed by atoms with van der Waals surface area (Å²) < 4.78 is 2.10. The van der Waals surface area contributed by atoms with Crippen molar-refractivity contribution in [2.75, 3.05) is 11.9 Å². The van der Waals surface area contributed by atoms with Gasteiger partial charge in [-0.2, -0.15) is 0 Å². The van der Waals surface area contributed by atoms with Gasteiger partial charge in [-0.1, -0.05) is 22.0 Å². The van der Waals surface area contributed by atoms with Crippen LogP contribution in [0.4, 0.5) is 5.69 Å². The molecule has 2 nitrogen and oxygen atoms in total. The van der Waals surface area contributed by atoms with Crippen molar-refractivity contribution in [3.05, 3.63) is 49.0 Å². The lowest BCUT2D eigenvalue weighted by Crippen LogP contribution is -2.16. The van der Waals surface area contributed by atoms with E-state index in [1.807, 2.05) is 18.2 Å². The Hall–Kier alpha value is -0.360. The van der Waals surface area contributed by atoms with Crippen LogP contribution in [0.25, 0.3) is 0 Å². The first-order valence-electron chi connectivity index (χ1n) is 5.89. The molecule has 1 N–H and O–H groups in total. The van der Waals surface area contributed by atoms with Crippen molar-refractivity contribution in [2.24, 2.45) is 0 Å². The average Bonchev–Trinajstić information content (AvgIpc) is 2.74. The number of hydrogen-bond acceptors (Lipinski definition) is 3. The summed E-state index contributed by atoms with van der Waals surface area (Å²) in [6, 6.07) is 8.18. The van der Waals surface area contributed by atoms with Gasteiger partial charge in [0, 0.05) is 23.8 Å². The third kappa shape index (κ3) is 3.81. The topological polar surface area (TPSA) is 23.5 Å². The molecule has 0 aliphatic heterocycles. The molecule has 0 spiro atoms. The molecule has 0 saturated heterocycles. The largest absolute Gasteiger partial charge is 0.389 e. The summed E-state index contributed by atoms with van der Waals surface area (Å²) in [6.45, 7) is 2.63. The van der Waals surface area contributed by atoms with Crippen LogP contribution in [-0.4, -0.2) is 12.2 Å². The second kappa shape index (κ2) is 6.39. The number of nitrogens with zero attached hydrogens (tertiary/aromatic N) is 1. The Kier molecular flexibility index (Phi) is 5.06. The number of thiophene rings is 1. The molecule has 1 atom stereocenters. The Morgan fingerprint density at radius 1 is 1.32 bits per heavy atom. The van der Waals surface area contributed by atoms with E-state index in [1.165, 1.54) is 5.56 Å². The zero-order chi connectivity index (χ0) is 14.0. The molecule has 0 fully saturated rings. The third-order valence-corrected chi connectivity index (χ3v) is 5.16. The van der Waals surface area contributed by atoms with Crippen molar-refractivity contribution in [2.45, 2.75) is 19.6 Å². The minimum atomic E-state index is -0.457. The second-order valence-electron chi connectivity index (χ2n) is 4.50. The van der Waals surface area contributed by atoms with E-state index in [2.05, 4.69) is 55.3 Å². The SMILES string of the molecule is C[C@H](O)c1ccc(N(C)Cc2csc(Br)c2)cc1Br. The van der Waals surface area contributed by atoms with Crippen LogP contribution in [-0.2, 0) is 6.54 Å². The maximum atomic E-state index is 9.62. The van der Waals surface area contributed by atoms with E-state index in [9.17, 15) is 5.11 Å². The molecule has 0 bridgehead atoms. The highest BCUT2D eigenvalue weighted by atomic mass is 79.9. The minimum Gasteiger partial charge on any atom is -0.389 e. The zero-order valence-electron chi connectivity index (χ0n) is 10.7. The predicted octanol–water partition coefficient (Wildman–Crippen LogP) is 4.96. The van der Waals surface area contributed by atoms with Gasteiger partial charge in [-0.25, -0.2) is 0 Å².